The quantitative estimate of drug-likeness (QED) is 0.781. The van der Waals surface area contributed by atoms with E-state index in [-0.39, 0.29) is 0 Å². The van der Waals surface area contributed by atoms with Crippen molar-refractivity contribution in [2.75, 3.05) is 37.7 Å². The summed E-state index contributed by atoms with van der Waals surface area (Å²) < 4.78 is 5.42. The molecular formula is C20H22N2OS. The molecule has 1 saturated heterocycles. The number of rotatable bonds is 2. The Hall–Kier alpha value is -1.91. The van der Waals surface area contributed by atoms with Gasteiger partial charge in [-0.3, -0.25) is 0 Å². The Morgan fingerprint density at radius 1 is 0.875 bits per heavy atom. The predicted molar refractivity (Wildman–Crippen MR) is 102 cm³/mol. The molecule has 4 heteroatoms. The van der Waals surface area contributed by atoms with Crippen LogP contribution in [-0.4, -0.2) is 42.7 Å². The zero-order valence-electron chi connectivity index (χ0n) is 13.8. The van der Waals surface area contributed by atoms with Crippen molar-refractivity contribution in [1.82, 2.24) is 4.90 Å². The topological polar surface area (TPSA) is 15.7 Å². The van der Waals surface area contributed by atoms with Crippen LogP contribution in [-0.2, 0) is 17.7 Å². The third-order valence-corrected chi connectivity index (χ3v) is 5.40. The maximum atomic E-state index is 5.76. The minimum absolute atomic E-state index is 0.813. The largest absolute Gasteiger partial charge is 0.378 e. The normalized spacial score (nSPS) is 17.5. The van der Waals surface area contributed by atoms with Crippen LogP contribution in [0.15, 0.2) is 48.5 Å². The van der Waals surface area contributed by atoms with E-state index in [1.807, 2.05) is 0 Å². The minimum Gasteiger partial charge on any atom is -0.378 e. The summed E-state index contributed by atoms with van der Waals surface area (Å²) in [5, 5.41) is 0. The highest BCUT2D eigenvalue weighted by atomic mass is 32.1. The Morgan fingerprint density at radius 2 is 1.58 bits per heavy atom. The van der Waals surface area contributed by atoms with Gasteiger partial charge in [-0.1, -0.05) is 36.5 Å². The van der Waals surface area contributed by atoms with Crippen molar-refractivity contribution in [3.63, 3.8) is 0 Å². The smallest absolute Gasteiger partial charge is 0.109 e. The summed E-state index contributed by atoms with van der Waals surface area (Å²) in [5.41, 5.74) is 5.26. The van der Waals surface area contributed by atoms with Crippen molar-refractivity contribution in [2.24, 2.45) is 0 Å². The number of hydrogen-bond donors (Lipinski definition) is 0. The summed E-state index contributed by atoms with van der Waals surface area (Å²) in [4.78, 5) is 5.65. The number of anilines is 1. The first-order valence-electron chi connectivity index (χ1n) is 8.60. The number of ether oxygens (including phenoxy) is 1. The number of hydrogen-bond acceptors (Lipinski definition) is 3. The first-order chi connectivity index (χ1) is 11.8. The number of morpholine rings is 1. The molecule has 0 spiro atoms. The van der Waals surface area contributed by atoms with E-state index in [2.05, 4.69) is 58.3 Å². The lowest BCUT2D eigenvalue weighted by Crippen LogP contribution is -2.36. The fourth-order valence-electron chi connectivity index (χ4n) is 3.49. The summed E-state index contributed by atoms with van der Waals surface area (Å²) in [7, 11) is 0. The Morgan fingerprint density at radius 3 is 2.33 bits per heavy atom. The lowest BCUT2D eigenvalue weighted by molar-refractivity contribution is 0.122. The molecule has 0 saturated carbocycles. The maximum Gasteiger partial charge on any atom is 0.109 e. The molecule has 2 heterocycles. The highest BCUT2D eigenvalue weighted by Gasteiger charge is 2.19. The molecule has 1 fully saturated rings. The lowest BCUT2D eigenvalue weighted by Gasteiger charge is -2.31. The number of benzene rings is 2. The van der Waals surface area contributed by atoms with E-state index in [4.69, 9.17) is 17.0 Å². The molecule has 0 amide bonds. The van der Waals surface area contributed by atoms with E-state index in [9.17, 15) is 0 Å². The van der Waals surface area contributed by atoms with E-state index in [1.54, 1.807) is 0 Å². The standard InChI is InChI=1S/C20H22N2OS/c24-20(22-10-9-16-3-1-2-4-18(16)15-22)17-5-7-19(8-6-17)21-11-13-23-14-12-21/h1-8H,9-15H2. The summed E-state index contributed by atoms with van der Waals surface area (Å²) in [6.45, 7) is 5.47. The third-order valence-electron chi connectivity index (χ3n) is 4.91. The van der Waals surface area contributed by atoms with Crippen LogP contribution in [0.25, 0.3) is 0 Å². The summed E-state index contributed by atoms with van der Waals surface area (Å²) in [6, 6.07) is 17.4. The van der Waals surface area contributed by atoms with Crippen LogP contribution in [0.4, 0.5) is 5.69 Å². The number of thiocarbonyl (C=S) groups is 1. The second-order valence-electron chi connectivity index (χ2n) is 6.39. The monoisotopic (exact) mass is 338 g/mol. The Bertz CT molecular complexity index is 723. The van der Waals surface area contributed by atoms with Gasteiger partial charge in [-0.25, -0.2) is 0 Å². The second-order valence-corrected chi connectivity index (χ2v) is 6.78. The van der Waals surface area contributed by atoms with Crippen LogP contribution < -0.4 is 4.90 Å². The van der Waals surface area contributed by atoms with Crippen LogP contribution in [0.5, 0.6) is 0 Å². The molecule has 0 unspecified atom stereocenters. The number of fused-ring (bicyclic) bond motifs is 1. The zero-order chi connectivity index (χ0) is 16.4. The van der Waals surface area contributed by atoms with Gasteiger partial charge in [0.1, 0.15) is 4.99 Å². The molecule has 0 bridgehead atoms. The molecule has 2 aromatic rings. The Balaban J connectivity index is 1.47. The van der Waals surface area contributed by atoms with Crippen molar-refractivity contribution in [2.45, 2.75) is 13.0 Å². The summed E-state index contributed by atoms with van der Waals surface area (Å²) >= 11 is 5.76. The molecule has 0 atom stereocenters. The molecule has 2 aromatic carbocycles. The average Bonchev–Trinajstić information content (AvgIpc) is 2.68. The highest BCUT2D eigenvalue weighted by molar-refractivity contribution is 7.80. The first-order valence-corrected chi connectivity index (χ1v) is 9.01. The molecular weight excluding hydrogens is 316 g/mol. The first kappa shape index (κ1) is 15.6. The van der Waals surface area contributed by atoms with Crippen LogP contribution >= 0.6 is 12.2 Å². The van der Waals surface area contributed by atoms with E-state index < -0.39 is 0 Å². The molecule has 2 aliphatic rings. The average molecular weight is 338 g/mol. The molecule has 124 valence electrons. The van der Waals surface area contributed by atoms with Crippen molar-refractivity contribution < 1.29 is 4.74 Å². The fraction of sp³-hybridized carbons (Fsp3) is 0.350. The van der Waals surface area contributed by atoms with Gasteiger partial charge in [0.05, 0.1) is 13.2 Å². The minimum atomic E-state index is 0.813. The van der Waals surface area contributed by atoms with Gasteiger partial charge >= 0.3 is 0 Å². The van der Waals surface area contributed by atoms with Gasteiger partial charge in [0.15, 0.2) is 0 Å². The van der Waals surface area contributed by atoms with Gasteiger partial charge in [-0.2, -0.15) is 0 Å². The van der Waals surface area contributed by atoms with Gasteiger partial charge < -0.3 is 14.5 Å². The molecule has 0 radical (unpaired) electrons. The Kier molecular flexibility index (Phi) is 4.50. The van der Waals surface area contributed by atoms with Crippen LogP contribution in [0.3, 0.4) is 0 Å². The molecule has 0 N–H and O–H groups in total. The van der Waals surface area contributed by atoms with Gasteiger partial charge in [-0.05, 0) is 41.8 Å². The van der Waals surface area contributed by atoms with E-state index in [0.29, 0.717) is 0 Å². The number of nitrogens with zero attached hydrogens (tertiary/aromatic N) is 2. The lowest BCUT2D eigenvalue weighted by atomic mass is 9.99. The van der Waals surface area contributed by atoms with Crippen LogP contribution in [0.2, 0.25) is 0 Å². The molecule has 3 nitrogen and oxygen atoms in total. The van der Waals surface area contributed by atoms with Crippen molar-refractivity contribution in [3.8, 4) is 0 Å². The maximum absolute atomic E-state index is 5.76. The summed E-state index contributed by atoms with van der Waals surface area (Å²) in [5.74, 6) is 0. The van der Waals surface area contributed by atoms with Crippen LogP contribution in [0.1, 0.15) is 16.7 Å². The molecule has 0 aliphatic carbocycles. The zero-order valence-corrected chi connectivity index (χ0v) is 14.6. The second kappa shape index (κ2) is 6.91. The van der Waals surface area contributed by atoms with Gasteiger partial charge in [0.2, 0.25) is 0 Å². The van der Waals surface area contributed by atoms with Gasteiger partial charge in [0.25, 0.3) is 0 Å². The molecule has 24 heavy (non-hydrogen) atoms. The van der Waals surface area contributed by atoms with Gasteiger partial charge in [-0.15, -0.1) is 0 Å². The fourth-order valence-corrected chi connectivity index (χ4v) is 3.78. The summed E-state index contributed by atoms with van der Waals surface area (Å²) in [6.07, 6.45) is 1.07. The molecule has 4 rings (SSSR count). The SMILES string of the molecule is S=C(c1ccc(N2CCOCC2)cc1)N1CCc2ccccc2C1. The van der Waals surface area contributed by atoms with E-state index in [0.717, 1.165) is 56.4 Å². The van der Waals surface area contributed by atoms with Gasteiger partial charge in [0, 0.05) is 37.4 Å². The van der Waals surface area contributed by atoms with Crippen molar-refractivity contribution in [1.29, 1.82) is 0 Å². The Labute approximate surface area is 148 Å². The highest BCUT2D eigenvalue weighted by Crippen LogP contribution is 2.22. The molecule has 0 aromatic heterocycles. The van der Waals surface area contributed by atoms with E-state index >= 15 is 0 Å². The third kappa shape index (κ3) is 3.17. The van der Waals surface area contributed by atoms with Crippen molar-refractivity contribution >= 4 is 22.9 Å². The van der Waals surface area contributed by atoms with Crippen LogP contribution in [0, 0.1) is 0 Å². The van der Waals surface area contributed by atoms with Crippen molar-refractivity contribution in [3.05, 3.63) is 65.2 Å². The molecule has 2 aliphatic heterocycles. The predicted octanol–water partition coefficient (Wildman–Crippen LogP) is 3.26. The van der Waals surface area contributed by atoms with E-state index in [1.165, 1.54) is 16.8 Å².